The van der Waals surface area contributed by atoms with Crippen molar-refractivity contribution in [1.29, 1.82) is 0 Å². The molecule has 0 aliphatic carbocycles. The molecule has 40 heavy (non-hydrogen) atoms. The molecule has 7 nitrogen and oxygen atoms in total. The lowest BCUT2D eigenvalue weighted by atomic mass is 10.0. The molecular weight excluding hydrogens is 522 g/mol. The summed E-state index contributed by atoms with van der Waals surface area (Å²) in [6.07, 6.45) is 1.40. The molecule has 1 unspecified atom stereocenters. The average Bonchev–Trinajstić information content (AvgIpc) is 2.89. The number of nitrogens with zero attached hydrogens (tertiary/aromatic N) is 2. The molecule has 0 aliphatic rings. The molecule has 0 aliphatic heterocycles. The standard InChI is InChI=1S/C32H41N3O4S/c1-23(2)28-14-10-11-15-29(28)35(40(6,38)39)22-31(36)34(21-27-18-16-25(5)17-19-27)30(32(37)33-24(3)4)20-26-12-8-7-9-13-26/h7-19,23-24,30H,20-22H2,1-6H3,(H,33,37). The number of anilines is 1. The van der Waals surface area contributed by atoms with Crippen molar-refractivity contribution >= 4 is 27.5 Å². The van der Waals surface area contributed by atoms with E-state index in [4.69, 9.17) is 0 Å². The van der Waals surface area contributed by atoms with Gasteiger partial charge >= 0.3 is 0 Å². The van der Waals surface area contributed by atoms with E-state index in [1.807, 2.05) is 101 Å². The van der Waals surface area contributed by atoms with E-state index in [0.29, 0.717) is 12.1 Å². The van der Waals surface area contributed by atoms with E-state index in [0.717, 1.165) is 32.8 Å². The van der Waals surface area contributed by atoms with Crippen molar-refractivity contribution in [2.75, 3.05) is 17.1 Å². The number of rotatable bonds is 12. The van der Waals surface area contributed by atoms with Crippen molar-refractivity contribution in [2.24, 2.45) is 0 Å². The van der Waals surface area contributed by atoms with Crippen molar-refractivity contribution in [3.8, 4) is 0 Å². The maximum Gasteiger partial charge on any atom is 0.244 e. The molecule has 0 aromatic heterocycles. The van der Waals surface area contributed by atoms with Crippen LogP contribution in [-0.4, -0.2) is 50.0 Å². The second-order valence-corrected chi connectivity index (χ2v) is 12.8. The number of carbonyl (C=O) groups excluding carboxylic acids is 2. The maximum atomic E-state index is 14.2. The topological polar surface area (TPSA) is 86.8 Å². The lowest BCUT2D eigenvalue weighted by molar-refractivity contribution is -0.140. The Morgan fingerprint density at radius 3 is 2.00 bits per heavy atom. The fourth-order valence-corrected chi connectivity index (χ4v) is 5.49. The van der Waals surface area contributed by atoms with Gasteiger partial charge in [-0.2, -0.15) is 0 Å². The highest BCUT2D eigenvalue weighted by molar-refractivity contribution is 7.92. The molecule has 0 fully saturated rings. The number of benzene rings is 3. The normalized spacial score (nSPS) is 12.3. The van der Waals surface area contributed by atoms with Gasteiger partial charge in [-0.15, -0.1) is 0 Å². The number of aryl methyl sites for hydroxylation is 1. The highest BCUT2D eigenvalue weighted by Crippen LogP contribution is 2.29. The first-order valence-electron chi connectivity index (χ1n) is 13.6. The Labute approximate surface area is 239 Å². The molecule has 3 aromatic carbocycles. The molecule has 0 saturated carbocycles. The second-order valence-electron chi connectivity index (χ2n) is 10.9. The third kappa shape index (κ3) is 8.42. The number of nitrogens with one attached hydrogen (secondary N) is 1. The summed E-state index contributed by atoms with van der Waals surface area (Å²) in [6, 6.07) is 23.6. The van der Waals surface area contributed by atoms with Crippen molar-refractivity contribution in [3.05, 3.63) is 101 Å². The van der Waals surface area contributed by atoms with Crippen LogP contribution >= 0.6 is 0 Å². The van der Waals surface area contributed by atoms with E-state index < -0.39 is 28.5 Å². The summed E-state index contributed by atoms with van der Waals surface area (Å²) >= 11 is 0. The predicted octanol–water partition coefficient (Wildman–Crippen LogP) is 5.05. The van der Waals surface area contributed by atoms with Crippen LogP contribution in [0.2, 0.25) is 0 Å². The Morgan fingerprint density at radius 1 is 0.825 bits per heavy atom. The van der Waals surface area contributed by atoms with Gasteiger partial charge in [0.25, 0.3) is 0 Å². The highest BCUT2D eigenvalue weighted by Gasteiger charge is 2.33. The minimum absolute atomic E-state index is 0.0434. The highest BCUT2D eigenvalue weighted by atomic mass is 32.2. The lowest BCUT2D eigenvalue weighted by Gasteiger charge is -2.34. The zero-order valence-corrected chi connectivity index (χ0v) is 25.1. The first-order chi connectivity index (χ1) is 18.9. The lowest BCUT2D eigenvalue weighted by Crippen LogP contribution is -2.54. The smallest absolute Gasteiger partial charge is 0.244 e. The summed E-state index contributed by atoms with van der Waals surface area (Å²) < 4.78 is 27.3. The van der Waals surface area contributed by atoms with Gasteiger partial charge in [-0.1, -0.05) is 92.2 Å². The minimum Gasteiger partial charge on any atom is -0.352 e. The van der Waals surface area contributed by atoms with Crippen molar-refractivity contribution in [1.82, 2.24) is 10.2 Å². The first-order valence-corrected chi connectivity index (χ1v) is 15.5. The number of sulfonamides is 1. The van der Waals surface area contributed by atoms with Crippen molar-refractivity contribution in [2.45, 2.75) is 65.6 Å². The van der Waals surface area contributed by atoms with E-state index in [2.05, 4.69) is 5.32 Å². The van der Waals surface area contributed by atoms with E-state index in [9.17, 15) is 18.0 Å². The fraction of sp³-hybridized carbons (Fsp3) is 0.375. The SMILES string of the molecule is Cc1ccc(CN(C(=O)CN(c2ccccc2C(C)C)S(C)(=O)=O)C(Cc2ccccc2)C(=O)NC(C)C)cc1. The molecular formula is C32H41N3O4S. The summed E-state index contributed by atoms with van der Waals surface area (Å²) in [7, 11) is -3.82. The number of hydrogen-bond acceptors (Lipinski definition) is 4. The third-order valence-electron chi connectivity index (χ3n) is 6.68. The molecule has 0 spiro atoms. The molecule has 8 heteroatoms. The minimum atomic E-state index is -3.82. The monoisotopic (exact) mass is 563 g/mol. The number of para-hydroxylation sites is 1. The zero-order valence-electron chi connectivity index (χ0n) is 24.3. The van der Waals surface area contributed by atoms with Gasteiger partial charge < -0.3 is 10.2 Å². The van der Waals surface area contributed by atoms with Gasteiger partial charge in [0.1, 0.15) is 12.6 Å². The fourth-order valence-electron chi connectivity index (χ4n) is 4.62. The van der Waals surface area contributed by atoms with Crippen LogP contribution in [0, 0.1) is 6.92 Å². The van der Waals surface area contributed by atoms with Gasteiger partial charge in [0.15, 0.2) is 0 Å². The molecule has 3 aromatic rings. The van der Waals surface area contributed by atoms with E-state index in [1.165, 1.54) is 4.90 Å². The molecule has 0 heterocycles. The third-order valence-corrected chi connectivity index (χ3v) is 7.81. The van der Waals surface area contributed by atoms with Crippen LogP contribution in [0.1, 0.15) is 55.9 Å². The van der Waals surface area contributed by atoms with Gasteiger partial charge in [-0.3, -0.25) is 13.9 Å². The largest absolute Gasteiger partial charge is 0.352 e. The Bertz CT molecular complexity index is 1390. The van der Waals surface area contributed by atoms with Crippen LogP contribution in [0.5, 0.6) is 0 Å². The maximum absolute atomic E-state index is 14.2. The Balaban J connectivity index is 2.09. The molecule has 214 valence electrons. The number of carbonyl (C=O) groups is 2. The quantitative estimate of drug-likeness (QED) is 0.334. The Morgan fingerprint density at radius 2 is 1.43 bits per heavy atom. The molecule has 2 amide bonds. The van der Waals surface area contributed by atoms with Gasteiger partial charge in [0, 0.05) is 19.0 Å². The molecule has 0 bridgehead atoms. The van der Waals surface area contributed by atoms with Gasteiger partial charge in [0.2, 0.25) is 21.8 Å². The van der Waals surface area contributed by atoms with Crippen LogP contribution in [0.25, 0.3) is 0 Å². The van der Waals surface area contributed by atoms with Crippen LogP contribution in [0.15, 0.2) is 78.9 Å². The van der Waals surface area contributed by atoms with Crippen LogP contribution < -0.4 is 9.62 Å². The summed E-state index contributed by atoms with van der Waals surface area (Å²) in [4.78, 5) is 29.3. The zero-order chi connectivity index (χ0) is 29.4. The summed E-state index contributed by atoms with van der Waals surface area (Å²) in [5.74, 6) is -0.695. The number of hydrogen-bond donors (Lipinski definition) is 1. The van der Waals surface area contributed by atoms with E-state index in [-0.39, 0.29) is 24.4 Å². The molecule has 1 atom stereocenters. The summed E-state index contributed by atoms with van der Waals surface area (Å²) in [5.41, 5.74) is 4.12. The molecule has 1 N–H and O–H groups in total. The Kier molecular flexibility index (Phi) is 10.5. The van der Waals surface area contributed by atoms with Gasteiger partial charge in [-0.05, 0) is 49.4 Å². The van der Waals surface area contributed by atoms with E-state index in [1.54, 1.807) is 12.1 Å². The Hall–Kier alpha value is -3.65. The van der Waals surface area contributed by atoms with Gasteiger partial charge in [0.05, 0.1) is 11.9 Å². The predicted molar refractivity (Wildman–Crippen MR) is 162 cm³/mol. The van der Waals surface area contributed by atoms with Crippen LogP contribution in [0.4, 0.5) is 5.69 Å². The summed E-state index contributed by atoms with van der Waals surface area (Å²) in [6.45, 7) is 9.43. The molecule has 3 rings (SSSR count). The second kappa shape index (κ2) is 13.6. The van der Waals surface area contributed by atoms with Crippen molar-refractivity contribution in [3.63, 3.8) is 0 Å². The number of amides is 2. The van der Waals surface area contributed by atoms with Crippen LogP contribution in [-0.2, 0) is 32.6 Å². The van der Waals surface area contributed by atoms with Gasteiger partial charge in [-0.25, -0.2) is 8.42 Å². The molecule has 0 saturated heterocycles. The first kappa shape index (κ1) is 30.9. The van der Waals surface area contributed by atoms with E-state index >= 15 is 0 Å². The average molecular weight is 564 g/mol. The van der Waals surface area contributed by atoms with Crippen LogP contribution in [0.3, 0.4) is 0 Å². The van der Waals surface area contributed by atoms with Crippen molar-refractivity contribution < 1.29 is 18.0 Å². The molecule has 0 radical (unpaired) electrons. The summed E-state index contributed by atoms with van der Waals surface area (Å²) in [5, 5.41) is 2.97.